The molecule has 0 saturated carbocycles. The van der Waals surface area contributed by atoms with Crippen molar-refractivity contribution in [1.82, 2.24) is 9.88 Å². The van der Waals surface area contributed by atoms with E-state index in [2.05, 4.69) is 9.88 Å². The van der Waals surface area contributed by atoms with Crippen LogP contribution in [0.2, 0.25) is 0 Å². The molecule has 2 aliphatic rings. The van der Waals surface area contributed by atoms with Crippen molar-refractivity contribution >= 4 is 17.4 Å². The maximum absolute atomic E-state index is 12.8. The molecule has 1 saturated heterocycles. The zero-order valence-corrected chi connectivity index (χ0v) is 21.2. The lowest BCUT2D eigenvalue weighted by Gasteiger charge is -2.30. The highest BCUT2D eigenvalue weighted by Crippen LogP contribution is 2.32. The third-order valence-electron chi connectivity index (χ3n) is 6.32. The number of nitrogens with zero attached hydrogens (tertiary/aromatic N) is 3. The number of carbonyl (C=O) groups excluding carboxylic acids is 1. The molecule has 1 amide bonds. The van der Waals surface area contributed by atoms with Crippen molar-refractivity contribution in [2.75, 3.05) is 31.1 Å². The summed E-state index contributed by atoms with van der Waals surface area (Å²) in [6.45, 7) is 7.62. The van der Waals surface area contributed by atoms with Gasteiger partial charge in [0.2, 0.25) is 5.88 Å². The van der Waals surface area contributed by atoms with Gasteiger partial charge < -0.3 is 24.4 Å². The molecule has 4 rings (SSSR count). The number of amides is 1. The first-order valence-corrected chi connectivity index (χ1v) is 12.3. The molecule has 0 spiro atoms. The number of carbonyl (C=O) groups is 1. The van der Waals surface area contributed by atoms with Crippen LogP contribution in [-0.4, -0.2) is 59.0 Å². The number of halogens is 3. The SMILES string of the molecule is CC(C)(C)OC(=O)N1CC=C(c2ccc(N3CC[C@H](Oc4ccc(C(F)(F)F)cn4)C3)c(CO)c2)CC1. The molecule has 2 aliphatic heterocycles. The van der Waals surface area contributed by atoms with E-state index in [0.717, 1.165) is 34.7 Å². The van der Waals surface area contributed by atoms with E-state index in [1.807, 2.05) is 45.0 Å². The number of rotatable bonds is 5. The van der Waals surface area contributed by atoms with Crippen molar-refractivity contribution in [2.24, 2.45) is 0 Å². The summed E-state index contributed by atoms with van der Waals surface area (Å²) in [7, 11) is 0. The fraction of sp³-hybridized carbons (Fsp3) is 0.481. The van der Waals surface area contributed by atoms with E-state index in [9.17, 15) is 23.1 Å². The summed E-state index contributed by atoms with van der Waals surface area (Å²) in [4.78, 5) is 19.9. The van der Waals surface area contributed by atoms with Crippen LogP contribution in [0.4, 0.5) is 23.7 Å². The van der Waals surface area contributed by atoms with Gasteiger partial charge in [0.15, 0.2) is 0 Å². The predicted molar refractivity (Wildman–Crippen MR) is 133 cm³/mol. The molecule has 0 unspecified atom stereocenters. The van der Waals surface area contributed by atoms with E-state index in [1.54, 1.807) is 4.90 Å². The van der Waals surface area contributed by atoms with Crippen LogP contribution in [0, 0.1) is 0 Å². The van der Waals surface area contributed by atoms with Gasteiger partial charge in [0.05, 0.1) is 18.7 Å². The number of pyridine rings is 1. The fourth-order valence-electron chi connectivity index (χ4n) is 4.48. The number of anilines is 1. The van der Waals surface area contributed by atoms with E-state index < -0.39 is 17.3 Å². The van der Waals surface area contributed by atoms with Crippen molar-refractivity contribution in [2.45, 2.75) is 58.1 Å². The smallest absolute Gasteiger partial charge is 0.417 e. The van der Waals surface area contributed by atoms with Crippen LogP contribution in [0.5, 0.6) is 5.88 Å². The summed E-state index contributed by atoms with van der Waals surface area (Å²) in [6, 6.07) is 8.15. The molecular formula is C27H32F3N3O4. The molecule has 1 aromatic carbocycles. The largest absolute Gasteiger partial charge is 0.472 e. The van der Waals surface area contributed by atoms with E-state index >= 15 is 0 Å². The second-order valence-electron chi connectivity index (χ2n) is 10.3. The average Bonchev–Trinajstić information content (AvgIpc) is 3.30. The van der Waals surface area contributed by atoms with Gasteiger partial charge in [0, 0.05) is 49.6 Å². The lowest BCUT2D eigenvalue weighted by atomic mass is 9.97. The van der Waals surface area contributed by atoms with Crippen LogP contribution in [0.3, 0.4) is 0 Å². The van der Waals surface area contributed by atoms with Gasteiger partial charge in [-0.1, -0.05) is 12.1 Å². The quantitative estimate of drug-likeness (QED) is 0.580. The highest BCUT2D eigenvalue weighted by Gasteiger charge is 2.31. The molecule has 1 aromatic heterocycles. The Balaban J connectivity index is 1.38. The number of aliphatic hydroxyl groups excluding tert-OH is 1. The van der Waals surface area contributed by atoms with E-state index in [0.29, 0.717) is 39.0 Å². The maximum atomic E-state index is 12.8. The number of benzene rings is 1. The third-order valence-corrected chi connectivity index (χ3v) is 6.32. The van der Waals surface area contributed by atoms with Crippen LogP contribution in [-0.2, 0) is 17.5 Å². The van der Waals surface area contributed by atoms with Crippen LogP contribution in [0.25, 0.3) is 5.57 Å². The van der Waals surface area contributed by atoms with Crippen molar-refractivity contribution in [3.8, 4) is 5.88 Å². The summed E-state index contributed by atoms with van der Waals surface area (Å²) >= 11 is 0. The van der Waals surface area contributed by atoms with E-state index in [1.165, 1.54) is 6.07 Å². The van der Waals surface area contributed by atoms with Gasteiger partial charge in [-0.05, 0) is 56.5 Å². The summed E-state index contributed by atoms with van der Waals surface area (Å²) in [5.41, 5.74) is 2.42. The summed E-state index contributed by atoms with van der Waals surface area (Å²) in [5, 5.41) is 10.1. The Morgan fingerprint density at radius 2 is 1.95 bits per heavy atom. The molecule has 7 nitrogen and oxygen atoms in total. The normalized spacial score (nSPS) is 18.6. The Labute approximate surface area is 214 Å². The van der Waals surface area contributed by atoms with Crippen molar-refractivity contribution in [1.29, 1.82) is 0 Å². The Kier molecular flexibility index (Phi) is 7.68. The van der Waals surface area contributed by atoms with Crippen LogP contribution in [0.15, 0.2) is 42.6 Å². The minimum absolute atomic E-state index is 0.136. The molecule has 1 atom stereocenters. The highest BCUT2D eigenvalue weighted by molar-refractivity contribution is 5.74. The minimum atomic E-state index is -4.44. The van der Waals surface area contributed by atoms with Crippen LogP contribution >= 0.6 is 0 Å². The van der Waals surface area contributed by atoms with Gasteiger partial charge >= 0.3 is 12.3 Å². The standard InChI is InChI=1S/C27H32F3N3O4/c1-26(2,3)37-25(35)32-11-8-18(9-12-32)19-4-6-23(20(14-19)17-34)33-13-10-22(16-33)36-24-7-5-21(15-31-24)27(28,29)30/h4-8,14-15,22,34H,9-13,16-17H2,1-3H3/t22-/m0/s1. The Morgan fingerprint density at radius 1 is 1.16 bits per heavy atom. The zero-order chi connectivity index (χ0) is 26.8. The van der Waals surface area contributed by atoms with Crippen molar-refractivity contribution in [3.05, 3.63) is 59.3 Å². The topological polar surface area (TPSA) is 75.1 Å². The van der Waals surface area contributed by atoms with Gasteiger partial charge in [-0.2, -0.15) is 13.2 Å². The average molecular weight is 520 g/mol. The second kappa shape index (κ2) is 10.6. The Bertz CT molecular complexity index is 1140. The maximum Gasteiger partial charge on any atom is 0.417 e. The van der Waals surface area contributed by atoms with Crippen LogP contribution in [0.1, 0.15) is 50.3 Å². The summed E-state index contributed by atoms with van der Waals surface area (Å²) in [6.07, 6.45) is -0.836. The summed E-state index contributed by atoms with van der Waals surface area (Å²) < 4.78 is 49.5. The number of hydrogen-bond donors (Lipinski definition) is 1. The Morgan fingerprint density at radius 3 is 2.54 bits per heavy atom. The number of hydrogen-bond acceptors (Lipinski definition) is 6. The van der Waals surface area contributed by atoms with Gasteiger partial charge in [0.1, 0.15) is 11.7 Å². The molecule has 37 heavy (non-hydrogen) atoms. The molecule has 10 heteroatoms. The number of aliphatic hydroxyl groups is 1. The molecular weight excluding hydrogens is 487 g/mol. The van der Waals surface area contributed by atoms with E-state index in [-0.39, 0.29) is 24.7 Å². The zero-order valence-electron chi connectivity index (χ0n) is 21.2. The molecule has 0 aliphatic carbocycles. The molecule has 200 valence electrons. The first-order chi connectivity index (χ1) is 17.4. The number of alkyl halides is 3. The van der Waals surface area contributed by atoms with Crippen LogP contribution < -0.4 is 9.64 Å². The second-order valence-corrected chi connectivity index (χ2v) is 10.3. The molecule has 1 fully saturated rings. The highest BCUT2D eigenvalue weighted by atomic mass is 19.4. The molecule has 3 heterocycles. The first-order valence-electron chi connectivity index (χ1n) is 12.3. The molecule has 2 aromatic rings. The predicted octanol–water partition coefficient (Wildman–Crippen LogP) is 5.27. The monoisotopic (exact) mass is 519 g/mol. The summed E-state index contributed by atoms with van der Waals surface area (Å²) in [5.74, 6) is 0.155. The van der Waals surface area contributed by atoms with Gasteiger partial charge in [-0.25, -0.2) is 9.78 Å². The van der Waals surface area contributed by atoms with Gasteiger partial charge in [-0.15, -0.1) is 0 Å². The van der Waals surface area contributed by atoms with Gasteiger partial charge in [-0.3, -0.25) is 0 Å². The molecule has 0 radical (unpaired) electrons. The van der Waals surface area contributed by atoms with Gasteiger partial charge in [0.25, 0.3) is 0 Å². The fourth-order valence-corrected chi connectivity index (χ4v) is 4.48. The van der Waals surface area contributed by atoms with Crippen molar-refractivity contribution in [3.63, 3.8) is 0 Å². The first kappa shape index (κ1) is 26.8. The third kappa shape index (κ3) is 6.74. The molecule has 1 N–H and O–H groups in total. The van der Waals surface area contributed by atoms with Crippen molar-refractivity contribution < 1.29 is 32.5 Å². The lowest BCUT2D eigenvalue weighted by Crippen LogP contribution is -2.39. The number of aromatic nitrogens is 1. The lowest BCUT2D eigenvalue weighted by molar-refractivity contribution is -0.137. The molecule has 0 bridgehead atoms. The Hall–Kier alpha value is -3.27. The minimum Gasteiger partial charge on any atom is -0.472 e. The number of ether oxygens (including phenoxy) is 2. The van der Waals surface area contributed by atoms with E-state index in [4.69, 9.17) is 9.47 Å².